The van der Waals surface area contributed by atoms with Crippen molar-refractivity contribution < 1.29 is 14.5 Å². The van der Waals surface area contributed by atoms with E-state index in [0.29, 0.717) is 23.8 Å². The molecular formula is C29H23ClN4O4. The minimum atomic E-state index is -0.426. The molecule has 1 aliphatic heterocycles. The number of rotatable bonds is 6. The van der Waals surface area contributed by atoms with Crippen molar-refractivity contribution in [2.24, 2.45) is 0 Å². The number of H-pyrrole nitrogens is 1. The lowest BCUT2D eigenvalue weighted by Gasteiger charge is -2.19. The molecule has 1 amide bonds. The van der Waals surface area contributed by atoms with Crippen LogP contribution in [0.2, 0.25) is 0 Å². The number of carbonyl (C=O) groups excluding carboxylic acids is 1. The molecule has 1 aliphatic rings. The fraction of sp³-hybridized carbons (Fsp3) is 0.138. The van der Waals surface area contributed by atoms with Crippen LogP contribution < -0.4 is 15.0 Å². The Bertz CT molecular complexity index is 1710. The van der Waals surface area contributed by atoms with E-state index in [4.69, 9.17) is 16.3 Å². The van der Waals surface area contributed by atoms with Crippen LogP contribution in [0.3, 0.4) is 0 Å². The number of hydrogen-bond donors (Lipinski definition) is 2. The number of nitrogens with zero attached hydrogens (tertiary/aromatic N) is 2. The molecule has 0 fully saturated rings. The second-order valence-electron chi connectivity index (χ2n) is 9.23. The van der Waals surface area contributed by atoms with Gasteiger partial charge in [-0.2, -0.15) is 0 Å². The number of nitro benzene ring substituents is 1. The summed E-state index contributed by atoms with van der Waals surface area (Å²) in [6.07, 6.45) is 0. The Morgan fingerprint density at radius 3 is 2.58 bits per heavy atom. The van der Waals surface area contributed by atoms with Gasteiger partial charge in [-0.15, -0.1) is 11.6 Å². The van der Waals surface area contributed by atoms with E-state index in [1.54, 1.807) is 24.1 Å². The molecule has 5 aromatic rings. The fourth-order valence-electron chi connectivity index (χ4n) is 5.19. The Morgan fingerprint density at radius 1 is 1.11 bits per heavy atom. The average Bonchev–Trinajstić information content (AvgIpc) is 3.54. The van der Waals surface area contributed by atoms with Gasteiger partial charge in [0.1, 0.15) is 11.4 Å². The lowest BCUT2D eigenvalue weighted by Crippen LogP contribution is -2.30. The first-order chi connectivity index (χ1) is 18.5. The second-order valence-corrected chi connectivity index (χ2v) is 9.54. The first-order valence-corrected chi connectivity index (χ1v) is 12.6. The van der Waals surface area contributed by atoms with Gasteiger partial charge in [0.25, 0.3) is 11.6 Å². The van der Waals surface area contributed by atoms with Crippen molar-refractivity contribution in [1.82, 2.24) is 4.98 Å². The summed E-state index contributed by atoms with van der Waals surface area (Å²) in [5.74, 6) is 0.918. The maximum atomic E-state index is 13.8. The molecule has 4 aromatic carbocycles. The third kappa shape index (κ3) is 3.99. The van der Waals surface area contributed by atoms with Crippen molar-refractivity contribution >= 4 is 61.9 Å². The summed E-state index contributed by atoms with van der Waals surface area (Å²) in [6.45, 7) is 0.460. The number of nitro groups is 1. The van der Waals surface area contributed by atoms with E-state index in [1.165, 1.54) is 12.1 Å². The smallest absolute Gasteiger partial charge is 0.274 e. The molecule has 9 heteroatoms. The van der Waals surface area contributed by atoms with E-state index in [2.05, 4.69) is 10.3 Å². The van der Waals surface area contributed by atoms with Crippen LogP contribution in [0.1, 0.15) is 22.0 Å². The van der Waals surface area contributed by atoms with Crippen LogP contribution >= 0.6 is 11.6 Å². The van der Waals surface area contributed by atoms with Gasteiger partial charge >= 0.3 is 0 Å². The lowest BCUT2D eigenvalue weighted by molar-refractivity contribution is -0.384. The van der Waals surface area contributed by atoms with Crippen molar-refractivity contribution in [1.29, 1.82) is 0 Å². The predicted molar refractivity (Wildman–Crippen MR) is 150 cm³/mol. The molecule has 8 nitrogen and oxygen atoms in total. The van der Waals surface area contributed by atoms with E-state index >= 15 is 0 Å². The molecule has 1 unspecified atom stereocenters. The number of non-ortho nitro benzene ring substituents is 1. The number of alkyl halides is 1. The van der Waals surface area contributed by atoms with Gasteiger partial charge < -0.3 is 19.9 Å². The van der Waals surface area contributed by atoms with Crippen LogP contribution in [0.25, 0.3) is 21.7 Å². The SMILES string of the molecule is COc1ccc2[nH]c(C(=O)N3CC(CCl)c4c3cc(Nc3ccc([N+](=O)[O-])cc3)c3ccccc43)cc2c1. The van der Waals surface area contributed by atoms with Gasteiger partial charge in [-0.25, -0.2) is 0 Å². The molecule has 0 saturated heterocycles. The topological polar surface area (TPSA) is 100 Å². The largest absolute Gasteiger partial charge is 0.497 e. The number of carbonyl (C=O) groups is 1. The van der Waals surface area contributed by atoms with E-state index in [9.17, 15) is 14.9 Å². The minimum absolute atomic E-state index is 0.0204. The average molecular weight is 527 g/mol. The molecule has 6 rings (SSSR count). The quantitative estimate of drug-likeness (QED) is 0.141. The zero-order valence-electron chi connectivity index (χ0n) is 20.4. The molecule has 38 heavy (non-hydrogen) atoms. The maximum Gasteiger partial charge on any atom is 0.274 e. The summed E-state index contributed by atoms with van der Waals surface area (Å²) < 4.78 is 5.32. The van der Waals surface area contributed by atoms with Crippen molar-refractivity contribution in [2.75, 3.05) is 29.8 Å². The highest BCUT2D eigenvalue weighted by Crippen LogP contribution is 2.46. The van der Waals surface area contributed by atoms with Gasteiger partial charge in [-0.1, -0.05) is 24.3 Å². The summed E-state index contributed by atoms with van der Waals surface area (Å²) in [6, 6.07) is 23.7. The van der Waals surface area contributed by atoms with Crippen molar-refractivity contribution in [3.8, 4) is 5.75 Å². The van der Waals surface area contributed by atoms with Gasteiger partial charge in [0.2, 0.25) is 0 Å². The molecule has 1 aromatic heterocycles. The van der Waals surface area contributed by atoms with Crippen LogP contribution in [0, 0.1) is 10.1 Å². The summed E-state index contributed by atoms with van der Waals surface area (Å²) in [5.41, 5.74) is 4.68. The van der Waals surface area contributed by atoms with Crippen LogP contribution in [-0.2, 0) is 0 Å². The normalized spacial score (nSPS) is 14.6. The van der Waals surface area contributed by atoms with Crippen LogP contribution in [0.15, 0.2) is 78.9 Å². The number of methoxy groups -OCH3 is 1. The van der Waals surface area contributed by atoms with Gasteiger partial charge in [0, 0.05) is 58.1 Å². The molecule has 0 radical (unpaired) electrons. The number of hydrogen-bond acceptors (Lipinski definition) is 5. The summed E-state index contributed by atoms with van der Waals surface area (Å²) >= 11 is 6.43. The van der Waals surface area contributed by atoms with Crippen molar-refractivity contribution in [3.05, 3.63) is 100 Å². The van der Waals surface area contributed by atoms with Crippen molar-refractivity contribution in [2.45, 2.75) is 5.92 Å². The first-order valence-electron chi connectivity index (χ1n) is 12.1. The van der Waals surface area contributed by atoms with E-state index in [0.717, 1.165) is 44.4 Å². The standard InChI is InChI=1S/C29H23ClN4O4/c1-38-21-10-11-24-17(12-21)13-26(32-24)29(35)33-16-18(15-30)28-23-5-3-2-4-22(23)25(14-27(28)33)31-19-6-8-20(9-7-19)34(36)37/h2-14,18,31-32H,15-16H2,1H3. The van der Waals surface area contributed by atoms with Crippen LogP contribution in [0.4, 0.5) is 22.7 Å². The number of nitrogens with one attached hydrogen (secondary N) is 2. The third-order valence-corrected chi connectivity index (χ3v) is 7.39. The Labute approximate surface area is 222 Å². The number of fused-ring (bicyclic) bond motifs is 4. The highest BCUT2D eigenvalue weighted by Gasteiger charge is 2.35. The van der Waals surface area contributed by atoms with Gasteiger partial charge in [0.15, 0.2) is 0 Å². The Morgan fingerprint density at radius 2 is 1.87 bits per heavy atom. The first kappa shape index (κ1) is 23.8. The van der Waals surface area contributed by atoms with Gasteiger partial charge in [-0.05, 0) is 53.4 Å². The number of ether oxygens (including phenoxy) is 1. The molecular weight excluding hydrogens is 504 g/mol. The van der Waals surface area contributed by atoms with E-state index in [-0.39, 0.29) is 17.5 Å². The molecule has 2 N–H and O–H groups in total. The lowest BCUT2D eigenvalue weighted by atomic mass is 9.95. The number of amides is 1. The van der Waals surface area contributed by atoms with Crippen LogP contribution in [0.5, 0.6) is 5.75 Å². The Hall–Kier alpha value is -4.56. The maximum absolute atomic E-state index is 13.8. The zero-order chi connectivity index (χ0) is 26.4. The zero-order valence-corrected chi connectivity index (χ0v) is 21.2. The molecule has 1 atom stereocenters. The highest BCUT2D eigenvalue weighted by molar-refractivity contribution is 6.19. The minimum Gasteiger partial charge on any atom is -0.497 e. The number of aromatic nitrogens is 1. The predicted octanol–water partition coefficient (Wildman–Crippen LogP) is 6.96. The van der Waals surface area contributed by atoms with E-state index < -0.39 is 4.92 Å². The third-order valence-electron chi connectivity index (χ3n) is 7.01. The molecule has 0 aliphatic carbocycles. The van der Waals surface area contributed by atoms with Crippen molar-refractivity contribution in [3.63, 3.8) is 0 Å². The number of aromatic amines is 1. The van der Waals surface area contributed by atoms with Crippen LogP contribution in [-0.4, -0.2) is 35.3 Å². The van der Waals surface area contributed by atoms with E-state index in [1.807, 2.05) is 54.6 Å². The summed E-state index contributed by atoms with van der Waals surface area (Å²) in [7, 11) is 1.61. The van der Waals surface area contributed by atoms with Gasteiger partial charge in [0.05, 0.1) is 17.7 Å². The Balaban J connectivity index is 1.44. The summed E-state index contributed by atoms with van der Waals surface area (Å²) in [5, 5.41) is 17.3. The fourth-order valence-corrected chi connectivity index (χ4v) is 5.44. The second kappa shape index (κ2) is 9.39. The number of anilines is 3. The number of benzene rings is 4. The molecule has 190 valence electrons. The Kier molecular flexibility index (Phi) is 5.88. The number of halogens is 1. The summed E-state index contributed by atoms with van der Waals surface area (Å²) in [4.78, 5) is 29.5. The highest BCUT2D eigenvalue weighted by atomic mass is 35.5. The molecule has 2 heterocycles. The monoisotopic (exact) mass is 526 g/mol. The molecule has 0 spiro atoms. The van der Waals surface area contributed by atoms with Gasteiger partial charge in [-0.3, -0.25) is 14.9 Å². The molecule has 0 saturated carbocycles. The molecule has 0 bridgehead atoms.